The van der Waals surface area contributed by atoms with Gasteiger partial charge in [-0.3, -0.25) is 0 Å². The lowest BCUT2D eigenvalue weighted by Crippen LogP contribution is -2.26. The molecule has 0 radical (unpaired) electrons. The molecule has 12 heavy (non-hydrogen) atoms. The molecule has 0 saturated heterocycles. The number of anilines is 1. The second-order valence-electron chi connectivity index (χ2n) is 2.91. The van der Waals surface area contributed by atoms with E-state index in [9.17, 15) is 0 Å². The summed E-state index contributed by atoms with van der Waals surface area (Å²) in [5.74, 6) is 0. The number of rotatable bonds is 2. The van der Waals surface area contributed by atoms with Crippen LogP contribution in [-0.4, -0.2) is 11.0 Å². The molecule has 1 aliphatic carbocycles. The molecule has 1 saturated carbocycles. The van der Waals surface area contributed by atoms with Crippen LogP contribution in [0, 0.1) is 11.3 Å². The smallest absolute Gasteiger partial charge is 0.184 e. The average molecular weight is 179 g/mol. The summed E-state index contributed by atoms with van der Waals surface area (Å²) in [5.41, 5.74) is 0. The predicted molar refractivity (Wildman–Crippen MR) is 48.1 cm³/mol. The number of hydrogen-bond acceptors (Lipinski definition) is 4. The first-order valence-electron chi connectivity index (χ1n) is 4.01. The quantitative estimate of drug-likeness (QED) is 0.755. The maximum absolute atomic E-state index is 8.55. The summed E-state index contributed by atoms with van der Waals surface area (Å²) in [7, 11) is 0. The summed E-state index contributed by atoms with van der Waals surface area (Å²) >= 11 is 1.43. The van der Waals surface area contributed by atoms with Crippen LogP contribution >= 0.6 is 11.3 Å². The van der Waals surface area contributed by atoms with E-state index in [1.165, 1.54) is 30.6 Å². The van der Waals surface area contributed by atoms with E-state index in [-0.39, 0.29) is 0 Å². The Morgan fingerprint density at radius 1 is 1.67 bits per heavy atom. The number of nitrogens with zero attached hydrogens (tertiary/aromatic N) is 2. The Labute approximate surface area is 75.1 Å². The molecule has 0 atom stereocenters. The van der Waals surface area contributed by atoms with Crippen molar-refractivity contribution in [2.75, 3.05) is 5.32 Å². The summed E-state index contributed by atoms with van der Waals surface area (Å²) in [6, 6.07) is 2.67. The van der Waals surface area contributed by atoms with Crippen molar-refractivity contribution in [3.8, 4) is 6.07 Å². The Kier molecular flexibility index (Phi) is 1.96. The molecule has 1 aromatic rings. The van der Waals surface area contributed by atoms with E-state index >= 15 is 0 Å². The summed E-state index contributed by atoms with van der Waals surface area (Å²) in [6.07, 6.45) is 5.41. The molecule has 1 aliphatic rings. The highest BCUT2D eigenvalue weighted by Gasteiger charge is 2.17. The van der Waals surface area contributed by atoms with E-state index in [0.29, 0.717) is 10.9 Å². The van der Waals surface area contributed by atoms with Gasteiger partial charge in [0, 0.05) is 6.04 Å². The van der Waals surface area contributed by atoms with Crippen LogP contribution in [0.2, 0.25) is 0 Å². The summed E-state index contributed by atoms with van der Waals surface area (Å²) < 4.78 is 0. The van der Waals surface area contributed by atoms with Crippen LogP contribution in [-0.2, 0) is 0 Å². The summed E-state index contributed by atoms with van der Waals surface area (Å²) in [5, 5.41) is 12.7. The summed E-state index contributed by atoms with van der Waals surface area (Å²) in [6.45, 7) is 0. The van der Waals surface area contributed by atoms with E-state index in [2.05, 4.69) is 16.4 Å². The first kappa shape index (κ1) is 7.56. The van der Waals surface area contributed by atoms with Crippen molar-refractivity contribution in [2.24, 2.45) is 0 Å². The van der Waals surface area contributed by atoms with E-state index in [4.69, 9.17) is 5.26 Å². The summed E-state index contributed by atoms with van der Waals surface area (Å²) in [4.78, 5) is 4.77. The molecule has 0 unspecified atom stereocenters. The van der Waals surface area contributed by atoms with Gasteiger partial charge < -0.3 is 5.32 Å². The van der Waals surface area contributed by atoms with Crippen molar-refractivity contribution in [1.29, 1.82) is 5.26 Å². The Morgan fingerprint density at radius 2 is 2.50 bits per heavy atom. The molecule has 2 rings (SSSR count). The molecule has 1 heterocycles. The zero-order valence-electron chi connectivity index (χ0n) is 6.58. The minimum atomic E-state index is 0.600. The van der Waals surface area contributed by atoms with Gasteiger partial charge in [0.25, 0.3) is 0 Å². The van der Waals surface area contributed by atoms with Gasteiger partial charge in [0.05, 0.1) is 6.20 Å². The van der Waals surface area contributed by atoms with Gasteiger partial charge >= 0.3 is 0 Å². The van der Waals surface area contributed by atoms with Crippen molar-refractivity contribution >= 4 is 16.5 Å². The minimum Gasteiger partial charge on any atom is -0.359 e. The normalized spacial score (nSPS) is 16.6. The Bertz CT molecular complexity index is 308. The van der Waals surface area contributed by atoms with Crippen molar-refractivity contribution < 1.29 is 0 Å². The lowest BCUT2D eigenvalue weighted by atomic mass is 9.93. The van der Waals surface area contributed by atoms with Gasteiger partial charge in [0.15, 0.2) is 5.13 Å². The molecule has 3 nitrogen and oxygen atoms in total. The maximum atomic E-state index is 8.55. The average Bonchev–Trinajstić information content (AvgIpc) is 2.44. The third-order valence-corrected chi connectivity index (χ3v) is 2.88. The minimum absolute atomic E-state index is 0.600. The molecular weight excluding hydrogens is 170 g/mol. The zero-order chi connectivity index (χ0) is 8.39. The molecule has 0 aliphatic heterocycles. The maximum Gasteiger partial charge on any atom is 0.184 e. The Balaban J connectivity index is 1.99. The molecule has 0 bridgehead atoms. The first-order chi connectivity index (χ1) is 5.88. The predicted octanol–water partition coefficient (Wildman–Crippen LogP) is 1.98. The fraction of sp³-hybridized carbons (Fsp3) is 0.500. The molecule has 1 fully saturated rings. The van der Waals surface area contributed by atoms with Crippen molar-refractivity contribution in [3.05, 3.63) is 11.1 Å². The molecule has 0 spiro atoms. The molecule has 1 N–H and O–H groups in total. The third-order valence-electron chi connectivity index (χ3n) is 2.05. The number of hydrogen-bond donors (Lipinski definition) is 1. The van der Waals surface area contributed by atoms with E-state index in [0.717, 1.165) is 5.13 Å². The number of nitrogens with one attached hydrogen (secondary N) is 1. The van der Waals surface area contributed by atoms with E-state index in [1.807, 2.05) is 0 Å². The van der Waals surface area contributed by atoms with Gasteiger partial charge in [-0.15, -0.1) is 0 Å². The van der Waals surface area contributed by atoms with Crippen LogP contribution in [0.5, 0.6) is 0 Å². The van der Waals surface area contributed by atoms with Crippen molar-refractivity contribution in [3.63, 3.8) is 0 Å². The SMILES string of the molecule is N#Cc1cnc(NC2CCC2)s1. The molecule has 62 valence electrons. The fourth-order valence-electron chi connectivity index (χ4n) is 1.12. The van der Waals surface area contributed by atoms with Crippen LogP contribution in [0.3, 0.4) is 0 Å². The lowest BCUT2D eigenvalue weighted by molar-refractivity contribution is 0.445. The second kappa shape index (κ2) is 3.11. The van der Waals surface area contributed by atoms with Crippen molar-refractivity contribution in [2.45, 2.75) is 25.3 Å². The topological polar surface area (TPSA) is 48.7 Å². The van der Waals surface area contributed by atoms with Gasteiger partial charge in [0.2, 0.25) is 0 Å². The highest BCUT2D eigenvalue weighted by Crippen LogP contribution is 2.25. The fourth-order valence-corrected chi connectivity index (χ4v) is 1.81. The highest BCUT2D eigenvalue weighted by atomic mass is 32.1. The molecule has 0 amide bonds. The van der Waals surface area contributed by atoms with Gasteiger partial charge in [-0.05, 0) is 19.3 Å². The Hall–Kier alpha value is -1.08. The standard InChI is InChI=1S/C8H9N3S/c9-4-7-5-10-8(12-7)11-6-2-1-3-6/h5-6H,1-3H2,(H,10,11). The largest absolute Gasteiger partial charge is 0.359 e. The first-order valence-corrected chi connectivity index (χ1v) is 4.82. The number of aromatic nitrogens is 1. The number of nitriles is 1. The van der Waals surface area contributed by atoms with E-state index < -0.39 is 0 Å². The molecule has 4 heteroatoms. The molecule has 0 aromatic carbocycles. The van der Waals surface area contributed by atoms with E-state index in [1.54, 1.807) is 6.20 Å². The van der Waals surface area contributed by atoms with Crippen LogP contribution in [0.1, 0.15) is 24.1 Å². The highest BCUT2D eigenvalue weighted by molar-refractivity contribution is 7.16. The van der Waals surface area contributed by atoms with Crippen LogP contribution in [0.25, 0.3) is 0 Å². The lowest BCUT2D eigenvalue weighted by Gasteiger charge is -2.25. The Morgan fingerprint density at radius 3 is 3.00 bits per heavy atom. The monoisotopic (exact) mass is 179 g/mol. The van der Waals surface area contributed by atoms with Crippen molar-refractivity contribution in [1.82, 2.24) is 4.98 Å². The zero-order valence-corrected chi connectivity index (χ0v) is 7.40. The number of thiazole rings is 1. The third kappa shape index (κ3) is 1.41. The second-order valence-corrected chi connectivity index (χ2v) is 3.94. The van der Waals surface area contributed by atoms with Gasteiger partial charge in [-0.2, -0.15) is 5.26 Å². The van der Waals surface area contributed by atoms with Gasteiger partial charge in [0.1, 0.15) is 10.9 Å². The van der Waals surface area contributed by atoms with Gasteiger partial charge in [-0.1, -0.05) is 11.3 Å². The molecule has 1 aromatic heterocycles. The molecular formula is C8H9N3S. The van der Waals surface area contributed by atoms with Crippen LogP contribution in [0.15, 0.2) is 6.20 Å². The van der Waals surface area contributed by atoms with Crippen LogP contribution in [0.4, 0.5) is 5.13 Å². The van der Waals surface area contributed by atoms with Gasteiger partial charge in [-0.25, -0.2) is 4.98 Å². The van der Waals surface area contributed by atoms with Crippen LogP contribution < -0.4 is 5.32 Å².